The average molecular weight is 1080 g/mol. The van der Waals surface area contributed by atoms with Crippen molar-refractivity contribution in [3.63, 3.8) is 0 Å². The second kappa shape index (κ2) is 26.0. The number of ether oxygens (including phenoxy) is 8. The number of hydrogen-bond donors (Lipinski definition) is 2. The van der Waals surface area contributed by atoms with Crippen LogP contribution in [0, 0.1) is 0 Å². The van der Waals surface area contributed by atoms with Crippen molar-refractivity contribution in [2.75, 3.05) is 0 Å². The smallest absolute Gasteiger partial charge is 0.420 e. The fraction of sp³-hybridized carbons (Fsp3) is 0.764. The summed E-state index contributed by atoms with van der Waals surface area (Å²) >= 11 is 0. The van der Waals surface area contributed by atoms with Gasteiger partial charge in [-0.3, -0.25) is 0 Å². The monoisotopic (exact) mass is 1080 g/mol. The molecular formula is C55H93N4O17+. The van der Waals surface area contributed by atoms with E-state index in [0.29, 0.717) is 22.6 Å². The minimum Gasteiger partial charge on any atom is -0.503 e. The Hall–Kier alpha value is -5.89. The number of nitrogens with one attached hydrogen (secondary N) is 1. The number of nitrogens with zero attached hydrogens (tertiary/aromatic N) is 3. The van der Waals surface area contributed by atoms with E-state index in [-0.39, 0.29) is 30.5 Å². The summed E-state index contributed by atoms with van der Waals surface area (Å²) in [5.74, 6) is -3.19. The molecule has 0 unspecified atom stereocenters. The zero-order chi connectivity index (χ0) is 59.5. The lowest BCUT2D eigenvalue weighted by Gasteiger charge is -2.34. The number of rotatable bonds is 16. The van der Waals surface area contributed by atoms with Crippen molar-refractivity contribution in [1.29, 1.82) is 0 Å². The maximum atomic E-state index is 14.5. The van der Waals surface area contributed by atoms with Crippen molar-refractivity contribution in [2.45, 2.75) is 274 Å². The summed E-state index contributed by atoms with van der Waals surface area (Å²) in [5, 5.41) is 14.8. The first-order valence-corrected chi connectivity index (χ1v) is 25.8. The van der Waals surface area contributed by atoms with Crippen LogP contribution in [0.2, 0.25) is 0 Å². The molecule has 0 saturated carbocycles. The summed E-state index contributed by atoms with van der Waals surface area (Å²) in [7, 11) is 0. The molecule has 1 rings (SSSR count). The number of aryl methyl sites for hydroxylation is 2. The van der Waals surface area contributed by atoms with Crippen LogP contribution >= 0.6 is 0 Å². The van der Waals surface area contributed by atoms with Gasteiger partial charge in [0.25, 0.3) is 0 Å². The van der Waals surface area contributed by atoms with Crippen molar-refractivity contribution < 1.29 is 85.9 Å². The van der Waals surface area contributed by atoms with Gasteiger partial charge >= 0.3 is 48.4 Å². The molecular weight excluding hydrogens is 989 g/mol. The van der Waals surface area contributed by atoms with Gasteiger partial charge in [0.15, 0.2) is 11.9 Å². The minimum absolute atomic E-state index is 0.0141. The van der Waals surface area contributed by atoms with Crippen LogP contribution < -0.4 is 9.88 Å². The zero-order valence-electron chi connectivity index (χ0n) is 50.2. The van der Waals surface area contributed by atoms with Gasteiger partial charge in [-0.25, -0.2) is 42.9 Å². The molecule has 0 aromatic carbocycles. The lowest BCUT2D eigenvalue weighted by molar-refractivity contribution is -0.698. The molecule has 0 radical (unpaired) electrons. The molecule has 2 N–H and O–H groups in total. The first-order chi connectivity index (χ1) is 33.9. The van der Waals surface area contributed by atoms with Crippen LogP contribution in [-0.4, -0.2) is 126 Å². The molecule has 1 aromatic rings. The number of carbonyl (C=O) groups excluding carboxylic acids is 8. The molecule has 21 heteroatoms. The zero-order valence-corrected chi connectivity index (χ0v) is 50.2. The van der Waals surface area contributed by atoms with E-state index in [9.17, 15) is 43.5 Å². The molecule has 5 amide bonds. The van der Waals surface area contributed by atoms with Crippen LogP contribution in [-0.2, 0) is 71.7 Å². The maximum Gasteiger partial charge on any atom is 0.420 e. The summed E-state index contributed by atoms with van der Waals surface area (Å²) in [6.07, 6.45) is -3.29. The first kappa shape index (κ1) is 68.1. The number of amides is 5. The van der Waals surface area contributed by atoms with Gasteiger partial charge in [0.2, 0.25) is 6.20 Å². The second-order valence-corrected chi connectivity index (χ2v) is 26.6. The topological polar surface area (TPSA) is 253 Å². The number of aromatic nitrogens is 1. The number of pyridine rings is 1. The van der Waals surface area contributed by atoms with Gasteiger partial charge in [0.1, 0.15) is 69.5 Å². The van der Waals surface area contributed by atoms with Crippen LogP contribution in [0.1, 0.15) is 203 Å². The quantitative estimate of drug-likeness (QED) is 0.0675. The van der Waals surface area contributed by atoms with Crippen molar-refractivity contribution in [2.24, 2.45) is 0 Å². The van der Waals surface area contributed by atoms with Gasteiger partial charge in [-0.05, 0) is 192 Å². The Kier molecular flexibility index (Phi) is 23.3. The van der Waals surface area contributed by atoms with E-state index in [4.69, 9.17) is 37.9 Å². The normalized spacial score (nSPS) is 13.9. The summed E-state index contributed by atoms with van der Waals surface area (Å²) in [6, 6.07) is -4.67. The van der Waals surface area contributed by atoms with Crippen LogP contribution in [0.25, 0.3) is 0 Å². The highest BCUT2D eigenvalue weighted by molar-refractivity contribution is 5.95. The minimum atomic E-state index is -1.85. The Morgan fingerprint density at radius 3 is 1.17 bits per heavy atom. The van der Waals surface area contributed by atoms with Gasteiger partial charge in [-0.2, -0.15) is 9.80 Å². The molecule has 3 atom stereocenters. The fourth-order valence-corrected chi connectivity index (χ4v) is 6.77. The molecule has 0 saturated heterocycles. The third kappa shape index (κ3) is 27.2. The number of aromatic hydroxyl groups is 1. The first-order valence-electron chi connectivity index (χ1n) is 25.8. The van der Waals surface area contributed by atoms with Gasteiger partial charge in [-0.1, -0.05) is 0 Å². The predicted octanol–water partition coefficient (Wildman–Crippen LogP) is 10.3. The number of esters is 3. The van der Waals surface area contributed by atoms with Crippen LogP contribution in [0.5, 0.6) is 5.75 Å². The molecule has 0 aliphatic carbocycles. The van der Waals surface area contributed by atoms with E-state index in [0.717, 1.165) is 0 Å². The third-order valence-electron chi connectivity index (χ3n) is 9.27. The Bertz CT molecular complexity index is 2150. The molecule has 0 aliphatic rings. The van der Waals surface area contributed by atoms with Gasteiger partial charge < -0.3 is 48.3 Å². The number of hydrogen-bond acceptors (Lipinski definition) is 17. The summed E-state index contributed by atoms with van der Waals surface area (Å²) in [4.78, 5) is 113. The summed E-state index contributed by atoms with van der Waals surface area (Å²) < 4.78 is 46.9. The van der Waals surface area contributed by atoms with Crippen molar-refractivity contribution in [3.8, 4) is 5.75 Å². The van der Waals surface area contributed by atoms with Crippen LogP contribution in [0.15, 0.2) is 12.4 Å². The van der Waals surface area contributed by atoms with E-state index in [2.05, 4.69) is 5.32 Å². The summed E-state index contributed by atoms with van der Waals surface area (Å²) in [6.45, 7) is 38.7. The lowest BCUT2D eigenvalue weighted by atomic mass is 9.95. The average Bonchev–Trinajstić information content (AvgIpc) is 3.12. The van der Waals surface area contributed by atoms with Crippen molar-refractivity contribution in [3.05, 3.63) is 23.5 Å². The Labute approximate surface area is 451 Å². The van der Waals surface area contributed by atoms with Crippen LogP contribution in [0.4, 0.5) is 24.0 Å². The highest BCUT2D eigenvalue weighted by Crippen LogP contribution is 2.30. The van der Waals surface area contributed by atoms with E-state index in [1.54, 1.807) is 177 Å². The molecule has 434 valence electrons. The highest BCUT2D eigenvalue weighted by atomic mass is 16.6. The van der Waals surface area contributed by atoms with E-state index in [1.807, 2.05) is 0 Å². The van der Waals surface area contributed by atoms with Gasteiger partial charge in [-0.15, -0.1) is 0 Å². The van der Waals surface area contributed by atoms with Gasteiger partial charge in [0, 0.05) is 24.0 Å². The molecule has 1 heterocycles. The molecule has 0 spiro atoms. The standard InChI is InChI=1S/C55H92N4O17/c1-48(2,3)69-40(61)36(56-43(64)72-51(10,11)12)27-25-26-30-57-32-34(28-29-37(41(62)70-49(4,5)6)58(44(65)73-52(13,14)15)45(66)74-53(16,17)18)35(39(60)33-57)31-38(42(63)71-50(7,8)9)59(46(67)75-54(19,20)21)47(68)76-55(22,23)24/h32-33,36-38H,25-31H2,1-24H3,(H-,56,60,64)/p+1/t36-,37-,38-/m0/s1. The molecule has 76 heavy (non-hydrogen) atoms. The molecule has 0 fully saturated rings. The van der Waals surface area contributed by atoms with Crippen LogP contribution in [0.3, 0.4) is 0 Å². The van der Waals surface area contributed by atoms with Gasteiger partial charge in [0.05, 0.1) is 0 Å². The van der Waals surface area contributed by atoms with E-state index < -0.39 is 130 Å². The fourth-order valence-electron chi connectivity index (χ4n) is 6.77. The summed E-state index contributed by atoms with van der Waals surface area (Å²) in [5.41, 5.74) is -8.45. The largest absolute Gasteiger partial charge is 0.503 e. The number of alkyl carbamates (subject to hydrolysis) is 1. The molecule has 0 aliphatic heterocycles. The van der Waals surface area contributed by atoms with E-state index >= 15 is 0 Å². The molecule has 21 nitrogen and oxygen atoms in total. The van der Waals surface area contributed by atoms with E-state index in [1.165, 1.54) is 6.20 Å². The number of unbranched alkanes of at least 4 members (excludes halogenated alkanes) is 1. The third-order valence-corrected chi connectivity index (χ3v) is 9.27. The maximum absolute atomic E-state index is 14.5. The van der Waals surface area contributed by atoms with Crippen molar-refractivity contribution >= 4 is 48.4 Å². The highest BCUT2D eigenvalue weighted by Gasteiger charge is 2.45. The predicted molar refractivity (Wildman–Crippen MR) is 281 cm³/mol. The second-order valence-electron chi connectivity index (χ2n) is 26.6. The Balaban J connectivity index is 4.33. The Morgan fingerprint density at radius 2 is 0.803 bits per heavy atom. The molecule has 1 aromatic heterocycles. The SMILES string of the molecule is CC(C)(C)OC(=O)N[C@@H](CCCC[n+]1cc(O)c(C[C@@H](C(=O)OC(C)(C)C)N(C(=O)OC(C)(C)C)C(=O)OC(C)(C)C)c(CC[C@@H](C(=O)OC(C)(C)C)N(C(=O)OC(C)(C)C)C(=O)OC(C)(C)C)c1)C(=O)OC(C)(C)C. The number of carbonyl (C=O) groups is 8. The molecule has 0 bridgehead atoms. The lowest BCUT2D eigenvalue weighted by Crippen LogP contribution is -2.54. The number of imide groups is 2. The van der Waals surface area contributed by atoms with Crippen molar-refractivity contribution in [1.82, 2.24) is 15.1 Å². The Morgan fingerprint density at radius 1 is 0.461 bits per heavy atom.